The molecule has 10 heavy (non-hydrogen) atoms. The molecule has 0 saturated heterocycles. The Labute approximate surface area is 63.0 Å². The highest BCUT2D eigenvalue weighted by Gasteiger charge is 2.25. The van der Waals surface area contributed by atoms with Crippen molar-refractivity contribution in [3.8, 4) is 37.0 Å². The molecule has 0 saturated carbocycles. The van der Waals surface area contributed by atoms with E-state index >= 15 is 0 Å². The fraction of sp³-hybridized carbons (Fsp3) is 0.400. The van der Waals surface area contributed by atoms with E-state index in [1.165, 1.54) is 0 Å². The SMILES string of the molecule is C#CC(C#C)(C#C)C(C)C. The predicted octanol–water partition coefficient (Wildman–Crippen LogP) is 1.53. The monoisotopic (exact) mass is 130 g/mol. The zero-order chi connectivity index (χ0) is 8.20. The first-order valence-electron chi connectivity index (χ1n) is 3.06. The molecular weight excluding hydrogens is 120 g/mol. The quantitative estimate of drug-likeness (QED) is 0.472. The van der Waals surface area contributed by atoms with E-state index in [4.69, 9.17) is 19.3 Å². The predicted molar refractivity (Wildman–Crippen MR) is 43.8 cm³/mol. The van der Waals surface area contributed by atoms with Gasteiger partial charge in [-0.2, -0.15) is 0 Å². The van der Waals surface area contributed by atoms with Crippen molar-refractivity contribution in [3.05, 3.63) is 0 Å². The van der Waals surface area contributed by atoms with Crippen molar-refractivity contribution < 1.29 is 0 Å². The lowest BCUT2D eigenvalue weighted by Gasteiger charge is -2.19. The lowest BCUT2D eigenvalue weighted by Crippen LogP contribution is -2.20. The third kappa shape index (κ3) is 1.15. The number of hydrogen-bond acceptors (Lipinski definition) is 0. The lowest BCUT2D eigenvalue weighted by molar-refractivity contribution is 0.485. The second kappa shape index (κ2) is 3.00. The summed E-state index contributed by atoms with van der Waals surface area (Å²) >= 11 is 0. The van der Waals surface area contributed by atoms with Crippen molar-refractivity contribution in [2.45, 2.75) is 13.8 Å². The largest absolute Gasteiger partial charge is 0.153 e. The third-order valence-corrected chi connectivity index (χ3v) is 1.55. The Morgan fingerprint density at radius 2 is 1.30 bits per heavy atom. The lowest BCUT2D eigenvalue weighted by atomic mass is 9.80. The smallest absolute Gasteiger partial charge is 0.117 e. The van der Waals surface area contributed by atoms with Crippen LogP contribution >= 0.6 is 0 Å². The van der Waals surface area contributed by atoms with Gasteiger partial charge in [0.15, 0.2) is 5.41 Å². The second-order valence-corrected chi connectivity index (χ2v) is 2.40. The topological polar surface area (TPSA) is 0 Å². The van der Waals surface area contributed by atoms with Crippen LogP contribution in [0.25, 0.3) is 0 Å². The Kier molecular flexibility index (Phi) is 2.61. The molecule has 0 aromatic rings. The van der Waals surface area contributed by atoms with Gasteiger partial charge < -0.3 is 0 Å². The molecule has 0 rings (SSSR count). The molecular formula is C10H10. The van der Waals surface area contributed by atoms with E-state index in [9.17, 15) is 0 Å². The van der Waals surface area contributed by atoms with Crippen LogP contribution in [-0.4, -0.2) is 0 Å². The third-order valence-electron chi connectivity index (χ3n) is 1.55. The average Bonchev–Trinajstić information content (AvgIpc) is 1.92. The van der Waals surface area contributed by atoms with Crippen molar-refractivity contribution in [3.63, 3.8) is 0 Å². The number of hydrogen-bond donors (Lipinski definition) is 0. The molecule has 0 bridgehead atoms. The van der Waals surface area contributed by atoms with Crippen molar-refractivity contribution in [1.29, 1.82) is 0 Å². The van der Waals surface area contributed by atoms with E-state index in [1.807, 2.05) is 13.8 Å². The van der Waals surface area contributed by atoms with Crippen LogP contribution in [0.4, 0.5) is 0 Å². The van der Waals surface area contributed by atoms with Gasteiger partial charge in [0, 0.05) is 0 Å². The fourth-order valence-electron chi connectivity index (χ4n) is 0.625. The van der Waals surface area contributed by atoms with Gasteiger partial charge in [-0.3, -0.25) is 0 Å². The molecule has 0 aliphatic carbocycles. The highest BCUT2D eigenvalue weighted by Crippen LogP contribution is 2.23. The minimum atomic E-state index is -0.792. The molecule has 0 aliphatic rings. The summed E-state index contributed by atoms with van der Waals surface area (Å²) in [4.78, 5) is 0. The van der Waals surface area contributed by atoms with Gasteiger partial charge in [0.2, 0.25) is 0 Å². The molecule has 0 atom stereocenters. The van der Waals surface area contributed by atoms with E-state index in [2.05, 4.69) is 17.8 Å². The van der Waals surface area contributed by atoms with Crippen molar-refractivity contribution >= 4 is 0 Å². The maximum Gasteiger partial charge on any atom is 0.153 e. The van der Waals surface area contributed by atoms with E-state index in [0.717, 1.165) is 0 Å². The van der Waals surface area contributed by atoms with Crippen LogP contribution in [0.5, 0.6) is 0 Å². The minimum Gasteiger partial charge on any atom is -0.117 e. The van der Waals surface area contributed by atoms with Crippen LogP contribution in [0.2, 0.25) is 0 Å². The zero-order valence-corrected chi connectivity index (χ0v) is 6.31. The molecule has 0 spiro atoms. The Balaban J connectivity index is 4.81. The first-order valence-corrected chi connectivity index (χ1v) is 3.06. The van der Waals surface area contributed by atoms with Crippen LogP contribution in [0.15, 0.2) is 0 Å². The van der Waals surface area contributed by atoms with E-state index in [-0.39, 0.29) is 5.92 Å². The molecule has 0 amide bonds. The van der Waals surface area contributed by atoms with Crippen LogP contribution in [0.1, 0.15) is 13.8 Å². The Morgan fingerprint density at radius 1 is 1.00 bits per heavy atom. The summed E-state index contributed by atoms with van der Waals surface area (Å²) in [6, 6.07) is 0. The Morgan fingerprint density at radius 3 is 1.30 bits per heavy atom. The number of terminal acetylenes is 3. The summed E-state index contributed by atoms with van der Waals surface area (Å²) < 4.78 is 0. The van der Waals surface area contributed by atoms with Crippen molar-refractivity contribution in [2.75, 3.05) is 0 Å². The van der Waals surface area contributed by atoms with E-state index in [1.54, 1.807) is 0 Å². The van der Waals surface area contributed by atoms with Gasteiger partial charge in [-0.15, -0.1) is 19.3 Å². The van der Waals surface area contributed by atoms with Crippen molar-refractivity contribution in [2.24, 2.45) is 11.3 Å². The second-order valence-electron chi connectivity index (χ2n) is 2.40. The van der Waals surface area contributed by atoms with Gasteiger partial charge in [0.25, 0.3) is 0 Å². The summed E-state index contributed by atoms with van der Waals surface area (Å²) in [7, 11) is 0. The molecule has 0 aliphatic heterocycles. The maximum absolute atomic E-state index is 5.19. The molecule has 0 aromatic heterocycles. The number of rotatable bonds is 1. The molecule has 0 nitrogen and oxygen atoms in total. The summed E-state index contributed by atoms with van der Waals surface area (Å²) in [5.74, 6) is 7.46. The molecule has 0 fully saturated rings. The van der Waals surface area contributed by atoms with Crippen LogP contribution in [0.3, 0.4) is 0 Å². The van der Waals surface area contributed by atoms with Gasteiger partial charge >= 0.3 is 0 Å². The minimum absolute atomic E-state index is 0.132. The molecule has 0 heteroatoms. The van der Waals surface area contributed by atoms with E-state index < -0.39 is 5.41 Å². The van der Waals surface area contributed by atoms with Gasteiger partial charge in [-0.25, -0.2) is 0 Å². The van der Waals surface area contributed by atoms with Crippen LogP contribution in [-0.2, 0) is 0 Å². The summed E-state index contributed by atoms with van der Waals surface area (Å²) in [5.41, 5.74) is -0.792. The molecule has 0 N–H and O–H groups in total. The van der Waals surface area contributed by atoms with Gasteiger partial charge in [-0.05, 0) is 5.92 Å². The standard InChI is InChI=1S/C10H10/c1-6-10(7-2,8-3)9(4)5/h1-3,9H,4-5H3. The Bertz CT molecular complexity index is 188. The highest BCUT2D eigenvalue weighted by atomic mass is 14.2. The van der Waals surface area contributed by atoms with E-state index in [0.29, 0.717) is 0 Å². The van der Waals surface area contributed by atoms with Crippen molar-refractivity contribution in [1.82, 2.24) is 0 Å². The van der Waals surface area contributed by atoms with Gasteiger partial charge in [-0.1, -0.05) is 31.6 Å². The molecule has 0 unspecified atom stereocenters. The Hall–Kier alpha value is -1.32. The van der Waals surface area contributed by atoms with Gasteiger partial charge in [0.05, 0.1) is 0 Å². The molecule has 0 aromatic carbocycles. The summed E-state index contributed by atoms with van der Waals surface area (Å²) in [5, 5.41) is 0. The summed E-state index contributed by atoms with van der Waals surface area (Å²) in [6.45, 7) is 3.83. The first kappa shape index (κ1) is 8.68. The van der Waals surface area contributed by atoms with Crippen LogP contribution < -0.4 is 0 Å². The highest BCUT2D eigenvalue weighted by molar-refractivity contribution is 5.34. The normalized spacial score (nSPS) is 9.60. The summed E-state index contributed by atoms with van der Waals surface area (Å²) in [6.07, 6.45) is 15.6. The van der Waals surface area contributed by atoms with Crippen LogP contribution in [0, 0.1) is 48.4 Å². The first-order chi connectivity index (χ1) is 4.63. The van der Waals surface area contributed by atoms with Gasteiger partial charge in [0.1, 0.15) is 0 Å². The average molecular weight is 130 g/mol. The fourth-order valence-corrected chi connectivity index (χ4v) is 0.625. The maximum atomic E-state index is 5.19. The molecule has 0 heterocycles. The molecule has 50 valence electrons. The molecule has 0 radical (unpaired) electrons. The zero-order valence-electron chi connectivity index (χ0n) is 6.31.